The summed E-state index contributed by atoms with van der Waals surface area (Å²) in [7, 11) is 0. The van der Waals surface area contributed by atoms with Crippen LogP contribution in [0.15, 0.2) is 55.9 Å². The van der Waals surface area contributed by atoms with Crippen molar-refractivity contribution in [3.8, 4) is 22.4 Å². The van der Waals surface area contributed by atoms with Crippen molar-refractivity contribution in [1.29, 1.82) is 0 Å². The van der Waals surface area contributed by atoms with Gasteiger partial charge in [-0.25, -0.2) is 0 Å². The predicted octanol–water partition coefficient (Wildman–Crippen LogP) is 5.42. The fraction of sp³-hybridized carbons (Fsp3) is 0.0625. The number of nitrogens with zero attached hydrogens (tertiary/aromatic N) is 1. The molecule has 5 heteroatoms. The molecule has 1 aromatic heterocycles. The van der Waals surface area contributed by atoms with Crippen molar-refractivity contribution in [2.45, 2.75) is 6.92 Å². The lowest BCUT2D eigenvalue weighted by Crippen LogP contribution is -1.89. The summed E-state index contributed by atoms with van der Waals surface area (Å²) in [6, 6.07) is 13.9. The van der Waals surface area contributed by atoms with Gasteiger partial charge in [-0.1, -0.05) is 61.3 Å². The molecule has 1 heterocycles. The zero-order valence-electron chi connectivity index (χ0n) is 11.2. The second kappa shape index (κ2) is 5.66. The third kappa shape index (κ3) is 2.63. The van der Waals surface area contributed by atoms with Gasteiger partial charge in [0, 0.05) is 20.1 Å². The molecule has 0 saturated heterocycles. The fourth-order valence-corrected chi connectivity index (χ4v) is 2.95. The first-order chi connectivity index (χ1) is 10.1. The van der Waals surface area contributed by atoms with Crippen LogP contribution in [-0.2, 0) is 0 Å². The van der Waals surface area contributed by atoms with E-state index in [0.29, 0.717) is 5.88 Å². The Labute approximate surface area is 139 Å². The Bertz CT molecular complexity index is 812. The Hall–Kier alpha value is -1.59. The van der Waals surface area contributed by atoms with Gasteiger partial charge in [-0.15, -0.1) is 0 Å². The van der Waals surface area contributed by atoms with Crippen molar-refractivity contribution in [3.63, 3.8) is 0 Å². The quantitative estimate of drug-likeness (QED) is 0.616. The van der Waals surface area contributed by atoms with E-state index < -0.39 is 0 Å². The maximum Gasteiger partial charge on any atom is 0.230 e. The standard InChI is InChI=1S/C16H12Br2N2O/c1-9-8-10(6-7-12(9)17)15-14(16(19)21-20-15)11-4-2-3-5-13(11)18/h2-8H,19H2,1H3. The highest BCUT2D eigenvalue weighted by Gasteiger charge is 2.19. The molecule has 0 atom stereocenters. The number of halogens is 2. The second-order valence-electron chi connectivity index (χ2n) is 4.71. The van der Waals surface area contributed by atoms with Gasteiger partial charge in [-0.05, 0) is 30.7 Å². The monoisotopic (exact) mass is 406 g/mol. The van der Waals surface area contributed by atoms with Crippen LogP contribution >= 0.6 is 31.9 Å². The molecule has 21 heavy (non-hydrogen) atoms. The van der Waals surface area contributed by atoms with E-state index in [9.17, 15) is 0 Å². The number of hydrogen-bond acceptors (Lipinski definition) is 3. The summed E-state index contributed by atoms with van der Waals surface area (Å²) in [5, 5.41) is 4.14. The van der Waals surface area contributed by atoms with Crippen LogP contribution in [0.5, 0.6) is 0 Å². The van der Waals surface area contributed by atoms with Crippen LogP contribution < -0.4 is 5.73 Å². The average molecular weight is 408 g/mol. The molecule has 0 saturated carbocycles. The minimum Gasteiger partial charge on any atom is -0.367 e. The smallest absolute Gasteiger partial charge is 0.230 e. The van der Waals surface area contributed by atoms with Gasteiger partial charge in [0.15, 0.2) is 0 Å². The lowest BCUT2D eigenvalue weighted by Gasteiger charge is -2.06. The van der Waals surface area contributed by atoms with Gasteiger partial charge >= 0.3 is 0 Å². The van der Waals surface area contributed by atoms with E-state index >= 15 is 0 Å². The molecular weight excluding hydrogens is 396 g/mol. The zero-order chi connectivity index (χ0) is 15.0. The van der Waals surface area contributed by atoms with Crippen LogP contribution in [0, 0.1) is 6.92 Å². The number of aromatic nitrogens is 1. The normalized spacial score (nSPS) is 10.8. The van der Waals surface area contributed by atoms with E-state index in [1.807, 2.05) is 43.3 Å². The van der Waals surface area contributed by atoms with Crippen LogP contribution in [0.25, 0.3) is 22.4 Å². The van der Waals surface area contributed by atoms with Gasteiger partial charge in [-0.2, -0.15) is 0 Å². The molecule has 3 rings (SSSR count). The molecule has 3 nitrogen and oxygen atoms in total. The maximum atomic E-state index is 5.99. The van der Waals surface area contributed by atoms with Gasteiger partial charge in [0.1, 0.15) is 5.69 Å². The maximum absolute atomic E-state index is 5.99. The van der Waals surface area contributed by atoms with E-state index in [-0.39, 0.29) is 0 Å². The molecule has 2 N–H and O–H groups in total. The summed E-state index contributed by atoms with van der Waals surface area (Å²) in [6.07, 6.45) is 0. The fourth-order valence-electron chi connectivity index (χ4n) is 2.22. The molecule has 0 aliphatic rings. The number of hydrogen-bond donors (Lipinski definition) is 1. The lowest BCUT2D eigenvalue weighted by molar-refractivity contribution is 0.439. The summed E-state index contributed by atoms with van der Waals surface area (Å²) < 4.78 is 7.24. The van der Waals surface area contributed by atoms with Gasteiger partial charge < -0.3 is 10.3 Å². The van der Waals surface area contributed by atoms with Crippen molar-refractivity contribution >= 4 is 37.7 Å². The number of aryl methyl sites for hydroxylation is 1. The largest absolute Gasteiger partial charge is 0.367 e. The highest BCUT2D eigenvalue weighted by molar-refractivity contribution is 9.10. The molecular formula is C16H12Br2N2O. The summed E-state index contributed by atoms with van der Waals surface area (Å²) in [5.41, 5.74) is 10.6. The summed E-state index contributed by atoms with van der Waals surface area (Å²) >= 11 is 7.06. The van der Waals surface area contributed by atoms with Crippen LogP contribution in [0.4, 0.5) is 5.88 Å². The summed E-state index contributed by atoms with van der Waals surface area (Å²) in [5.74, 6) is 0.317. The molecule has 2 aromatic carbocycles. The van der Waals surface area contributed by atoms with Crippen molar-refractivity contribution in [1.82, 2.24) is 5.16 Å². The van der Waals surface area contributed by atoms with Crippen molar-refractivity contribution in [2.75, 3.05) is 5.73 Å². The topological polar surface area (TPSA) is 52.0 Å². The Kier molecular flexibility index (Phi) is 3.87. The number of anilines is 1. The Morgan fingerprint density at radius 3 is 2.52 bits per heavy atom. The number of nitrogens with two attached hydrogens (primary N) is 1. The Balaban J connectivity index is 2.22. The first-order valence-corrected chi connectivity index (χ1v) is 7.93. The molecule has 0 bridgehead atoms. The van der Waals surface area contributed by atoms with Crippen molar-refractivity contribution in [2.24, 2.45) is 0 Å². The van der Waals surface area contributed by atoms with Gasteiger partial charge in [0.05, 0.1) is 5.56 Å². The summed E-state index contributed by atoms with van der Waals surface area (Å²) in [4.78, 5) is 0. The van der Waals surface area contributed by atoms with Gasteiger partial charge in [0.25, 0.3) is 0 Å². The molecule has 106 valence electrons. The first-order valence-electron chi connectivity index (χ1n) is 6.34. The first kappa shape index (κ1) is 14.4. The second-order valence-corrected chi connectivity index (χ2v) is 6.42. The number of benzene rings is 2. The van der Waals surface area contributed by atoms with Crippen molar-refractivity contribution in [3.05, 3.63) is 57.0 Å². The third-order valence-electron chi connectivity index (χ3n) is 3.29. The Morgan fingerprint density at radius 2 is 1.81 bits per heavy atom. The van der Waals surface area contributed by atoms with E-state index in [2.05, 4.69) is 43.1 Å². The average Bonchev–Trinajstić information content (AvgIpc) is 2.84. The van der Waals surface area contributed by atoms with Gasteiger partial charge in [0.2, 0.25) is 5.88 Å². The Morgan fingerprint density at radius 1 is 1.05 bits per heavy atom. The SMILES string of the molecule is Cc1cc(-c2noc(N)c2-c2ccccc2Br)ccc1Br. The van der Waals surface area contributed by atoms with Crippen molar-refractivity contribution < 1.29 is 4.52 Å². The van der Waals surface area contributed by atoms with E-state index in [1.165, 1.54) is 0 Å². The van der Waals surface area contributed by atoms with E-state index in [0.717, 1.165) is 36.9 Å². The van der Waals surface area contributed by atoms with Crippen LogP contribution in [-0.4, -0.2) is 5.16 Å². The highest BCUT2D eigenvalue weighted by atomic mass is 79.9. The third-order valence-corrected chi connectivity index (χ3v) is 4.87. The minimum atomic E-state index is 0.317. The number of rotatable bonds is 2. The molecule has 0 aliphatic heterocycles. The molecule has 0 spiro atoms. The van der Waals surface area contributed by atoms with Crippen LogP contribution in [0.2, 0.25) is 0 Å². The molecule has 0 amide bonds. The van der Waals surface area contributed by atoms with E-state index in [1.54, 1.807) is 0 Å². The van der Waals surface area contributed by atoms with Crippen LogP contribution in [0.3, 0.4) is 0 Å². The van der Waals surface area contributed by atoms with Crippen LogP contribution in [0.1, 0.15) is 5.56 Å². The zero-order valence-corrected chi connectivity index (χ0v) is 14.4. The predicted molar refractivity (Wildman–Crippen MR) is 91.9 cm³/mol. The minimum absolute atomic E-state index is 0.317. The molecule has 0 unspecified atom stereocenters. The molecule has 3 aromatic rings. The summed E-state index contributed by atoms with van der Waals surface area (Å²) in [6.45, 7) is 2.04. The highest BCUT2D eigenvalue weighted by Crippen LogP contribution is 2.40. The molecule has 0 radical (unpaired) electrons. The van der Waals surface area contributed by atoms with E-state index in [4.69, 9.17) is 10.3 Å². The molecule has 0 aliphatic carbocycles. The lowest BCUT2D eigenvalue weighted by atomic mass is 10.00. The number of nitrogen functional groups attached to an aromatic ring is 1. The van der Waals surface area contributed by atoms with Gasteiger partial charge in [-0.3, -0.25) is 0 Å². The molecule has 0 fully saturated rings.